The molecule has 0 saturated heterocycles. The first-order valence-corrected chi connectivity index (χ1v) is 7.23. The largest absolute Gasteiger partial charge is 0.481 e. The molecule has 0 radical (unpaired) electrons. The number of hydrogen-bond donors (Lipinski definition) is 2. The molecule has 0 aliphatic carbocycles. The molecule has 0 heterocycles. The van der Waals surface area contributed by atoms with Gasteiger partial charge in [0, 0.05) is 0 Å². The standard InChI is InChI=1S/C13H16Cl2O2S/c14-11-6-5-9(8-12(11)15)10(13(16)17)4-2-1-3-7-18/h5-6,8,10,18H,1-4,7H2,(H,16,17)/t10-/m1/s1. The van der Waals surface area contributed by atoms with E-state index in [1.54, 1.807) is 18.2 Å². The fraction of sp³-hybridized carbons (Fsp3) is 0.462. The fourth-order valence-corrected chi connectivity index (χ4v) is 2.33. The van der Waals surface area contributed by atoms with Gasteiger partial charge in [-0.15, -0.1) is 0 Å². The van der Waals surface area contributed by atoms with Gasteiger partial charge in [0.05, 0.1) is 16.0 Å². The van der Waals surface area contributed by atoms with E-state index in [2.05, 4.69) is 12.6 Å². The molecular formula is C13H16Cl2O2S. The van der Waals surface area contributed by atoms with Crippen molar-refractivity contribution in [2.75, 3.05) is 5.75 Å². The third kappa shape index (κ3) is 4.71. The number of benzene rings is 1. The van der Waals surface area contributed by atoms with E-state index < -0.39 is 11.9 Å². The summed E-state index contributed by atoms with van der Waals surface area (Å²) in [6.45, 7) is 0. The molecule has 18 heavy (non-hydrogen) atoms. The highest BCUT2D eigenvalue weighted by Crippen LogP contribution is 2.29. The number of carbonyl (C=O) groups is 1. The summed E-state index contributed by atoms with van der Waals surface area (Å²) in [4.78, 5) is 11.3. The van der Waals surface area contributed by atoms with Crippen LogP contribution in [0.3, 0.4) is 0 Å². The summed E-state index contributed by atoms with van der Waals surface area (Å²) in [7, 11) is 0. The van der Waals surface area contributed by atoms with Gasteiger partial charge in [-0.25, -0.2) is 0 Å². The molecule has 0 saturated carbocycles. The van der Waals surface area contributed by atoms with E-state index in [4.69, 9.17) is 23.2 Å². The van der Waals surface area contributed by atoms with Crippen LogP contribution in [0.15, 0.2) is 18.2 Å². The summed E-state index contributed by atoms with van der Waals surface area (Å²) in [6, 6.07) is 5.01. The molecule has 1 atom stereocenters. The maximum Gasteiger partial charge on any atom is 0.310 e. The van der Waals surface area contributed by atoms with Gasteiger partial charge >= 0.3 is 5.97 Å². The summed E-state index contributed by atoms with van der Waals surface area (Å²) < 4.78 is 0. The Morgan fingerprint density at radius 3 is 2.50 bits per heavy atom. The lowest BCUT2D eigenvalue weighted by molar-refractivity contribution is -0.139. The molecule has 1 aromatic carbocycles. The lowest BCUT2D eigenvalue weighted by Crippen LogP contribution is -2.11. The molecule has 1 aromatic rings. The van der Waals surface area contributed by atoms with E-state index in [0.717, 1.165) is 25.0 Å². The second-order valence-electron chi connectivity index (χ2n) is 4.14. The minimum absolute atomic E-state index is 0.399. The van der Waals surface area contributed by atoms with Crippen LogP contribution in [-0.4, -0.2) is 16.8 Å². The minimum Gasteiger partial charge on any atom is -0.481 e. The Hall–Kier alpha value is -0.380. The van der Waals surface area contributed by atoms with Crippen molar-refractivity contribution in [2.45, 2.75) is 31.6 Å². The van der Waals surface area contributed by atoms with E-state index in [1.165, 1.54) is 0 Å². The first-order valence-electron chi connectivity index (χ1n) is 5.85. The van der Waals surface area contributed by atoms with Crippen LogP contribution in [0.4, 0.5) is 0 Å². The van der Waals surface area contributed by atoms with Crippen molar-refractivity contribution in [2.24, 2.45) is 0 Å². The monoisotopic (exact) mass is 306 g/mol. The van der Waals surface area contributed by atoms with Crippen LogP contribution in [0, 0.1) is 0 Å². The van der Waals surface area contributed by atoms with Crippen LogP contribution in [0.2, 0.25) is 10.0 Å². The molecule has 2 nitrogen and oxygen atoms in total. The van der Waals surface area contributed by atoms with Crippen molar-refractivity contribution in [1.29, 1.82) is 0 Å². The number of carboxylic acid groups (broad SMARTS) is 1. The first kappa shape index (κ1) is 15.7. The number of hydrogen-bond acceptors (Lipinski definition) is 2. The number of rotatable bonds is 7. The average molecular weight is 307 g/mol. The predicted molar refractivity (Wildman–Crippen MR) is 79.2 cm³/mol. The second-order valence-corrected chi connectivity index (χ2v) is 5.40. The van der Waals surface area contributed by atoms with Gasteiger partial charge < -0.3 is 5.11 Å². The molecule has 100 valence electrons. The van der Waals surface area contributed by atoms with E-state index >= 15 is 0 Å². The lowest BCUT2D eigenvalue weighted by atomic mass is 9.93. The molecule has 0 amide bonds. The van der Waals surface area contributed by atoms with Crippen molar-refractivity contribution in [3.05, 3.63) is 33.8 Å². The van der Waals surface area contributed by atoms with E-state index in [1.807, 2.05) is 0 Å². The highest BCUT2D eigenvalue weighted by molar-refractivity contribution is 7.80. The van der Waals surface area contributed by atoms with E-state index in [-0.39, 0.29) is 0 Å². The summed E-state index contributed by atoms with van der Waals surface area (Å²) in [5.41, 5.74) is 0.711. The maximum absolute atomic E-state index is 11.3. The van der Waals surface area contributed by atoms with Crippen molar-refractivity contribution >= 4 is 41.8 Å². The number of halogens is 2. The fourth-order valence-electron chi connectivity index (χ4n) is 1.80. The van der Waals surface area contributed by atoms with Gasteiger partial charge in [-0.3, -0.25) is 4.79 Å². The molecule has 0 fully saturated rings. The zero-order valence-corrected chi connectivity index (χ0v) is 12.3. The molecule has 0 aliphatic heterocycles. The Morgan fingerprint density at radius 2 is 1.94 bits per heavy atom. The molecule has 0 aromatic heterocycles. The van der Waals surface area contributed by atoms with Gasteiger partial charge in [0.2, 0.25) is 0 Å². The van der Waals surface area contributed by atoms with E-state index in [9.17, 15) is 9.90 Å². The van der Waals surface area contributed by atoms with Gasteiger partial charge in [-0.05, 0) is 36.3 Å². The lowest BCUT2D eigenvalue weighted by Gasteiger charge is -2.13. The Morgan fingerprint density at radius 1 is 1.22 bits per heavy atom. The Labute approximate surface area is 123 Å². The zero-order chi connectivity index (χ0) is 13.5. The minimum atomic E-state index is -0.820. The molecule has 0 spiro atoms. The first-order chi connectivity index (χ1) is 8.56. The van der Waals surface area contributed by atoms with Crippen LogP contribution in [-0.2, 0) is 4.79 Å². The molecule has 1 rings (SSSR count). The summed E-state index contributed by atoms with van der Waals surface area (Å²) in [5.74, 6) is -0.497. The predicted octanol–water partition coefficient (Wildman–Crippen LogP) is 4.65. The van der Waals surface area contributed by atoms with Crippen LogP contribution in [0.25, 0.3) is 0 Å². The van der Waals surface area contributed by atoms with Crippen molar-refractivity contribution < 1.29 is 9.90 Å². The quantitative estimate of drug-likeness (QED) is 0.568. The third-order valence-electron chi connectivity index (χ3n) is 2.80. The van der Waals surface area contributed by atoms with Gasteiger partial charge in [-0.1, -0.05) is 42.1 Å². The SMILES string of the molecule is O=C(O)[C@H](CCCCCS)c1ccc(Cl)c(Cl)c1. The molecule has 0 aliphatic rings. The molecule has 0 unspecified atom stereocenters. The van der Waals surface area contributed by atoms with Gasteiger partial charge in [0.15, 0.2) is 0 Å². The van der Waals surface area contributed by atoms with Crippen molar-refractivity contribution in [1.82, 2.24) is 0 Å². The Kier molecular flexibility index (Phi) is 6.90. The number of carboxylic acids is 1. The van der Waals surface area contributed by atoms with Gasteiger partial charge in [-0.2, -0.15) is 12.6 Å². The zero-order valence-electron chi connectivity index (χ0n) is 9.90. The van der Waals surface area contributed by atoms with Crippen LogP contribution in [0.1, 0.15) is 37.2 Å². The highest BCUT2D eigenvalue weighted by Gasteiger charge is 2.19. The van der Waals surface area contributed by atoms with Crippen molar-refractivity contribution in [3.8, 4) is 0 Å². The van der Waals surface area contributed by atoms with Crippen LogP contribution in [0.5, 0.6) is 0 Å². The number of unbranched alkanes of at least 4 members (excludes halogenated alkanes) is 2. The highest BCUT2D eigenvalue weighted by atomic mass is 35.5. The normalized spacial score (nSPS) is 12.4. The summed E-state index contributed by atoms with van der Waals surface area (Å²) in [5, 5.41) is 10.1. The summed E-state index contributed by atoms with van der Waals surface area (Å²) >= 11 is 15.9. The second kappa shape index (κ2) is 7.93. The third-order valence-corrected chi connectivity index (χ3v) is 3.85. The van der Waals surface area contributed by atoms with E-state index in [0.29, 0.717) is 22.0 Å². The van der Waals surface area contributed by atoms with Crippen LogP contribution < -0.4 is 0 Å². The molecule has 0 bridgehead atoms. The smallest absolute Gasteiger partial charge is 0.310 e. The van der Waals surface area contributed by atoms with Gasteiger partial charge in [0.25, 0.3) is 0 Å². The van der Waals surface area contributed by atoms with Crippen molar-refractivity contribution in [3.63, 3.8) is 0 Å². The Balaban J connectivity index is 2.71. The summed E-state index contributed by atoms with van der Waals surface area (Å²) in [6.07, 6.45) is 3.49. The average Bonchev–Trinajstić information content (AvgIpc) is 2.32. The Bertz CT molecular complexity index is 410. The number of aliphatic carboxylic acids is 1. The molecule has 5 heteroatoms. The number of thiol groups is 1. The molecular weight excluding hydrogens is 291 g/mol. The molecule has 1 N–H and O–H groups in total. The topological polar surface area (TPSA) is 37.3 Å². The van der Waals surface area contributed by atoms with Crippen LogP contribution >= 0.6 is 35.8 Å². The van der Waals surface area contributed by atoms with Gasteiger partial charge in [0.1, 0.15) is 0 Å². The maximum atomic E-state index is 11.3.